The third-order valence-corrected chi connectivity index (χ3v) is 4.57. The monoisotopic (exact) mass is 396 g/mol. The molecule has 0 radical (unpaired) electrons. The van der Waals surface area contributed by atoms with E-state index in [1.807, 2.05) is 12.1 Å². The molecule has 1 atom stereocenters. The van der Waals surface area contributed by atoms with E-state index in [4.69, 9.17) is 0 Å². The molecular weight excluding hydrogens is 368 g/mol. The van der Waals surface area contributed by atoms with Gasteiger partial charge in [0.2, 0.25) is 5.91 Å². The van der Waals surface area contributed by atoms with Crippen LogP contribution < -0.4 is 10.6 Å². The predicted octanol–water partition coefficient (Wildman–Crippen LogP) is 2.49. The zero-order valence-corrected chi connectivity index (χ0v) is 16.9. The van der Waals surface area contributed by atoms with Gasteiger partial charge in [0.05, 0.1) is 13.2 Å². The van der Waals surface area contributed by atoms with E-state index in [-0.39, 0.29) is 12.3 Å². The minimum absolute atomic E-state index is 0.142. The maximum absolute atomic E-state index is 12.4. The van der Waals surface area contributed by atoms with Crippen LogP contribution in [0.1, 0.15) is 42.6 Å². The van der Waals surface area contributed by atoms with Crippen LogP contribution in [0.25, 0.3) is 11.1 Å². The number of amides is 2. The first-order valence-corrected chi connectivity index (χ1v) is 9.82. The van der Waals surface area contributed by atoms with E-state index in [2.05, 4.69) is 41.8 Å². The van der Waals surface area contributed by atoms with E-state index in [1.165, 1.54) is 25.3 Å². The number of ketones is 1. The van der Waals surface area contributed by atoms with Crippen molar-refractivity contribution in [3.05, 3.63) is 59.7 Å². The van der Waals surface area contributed by atoms with E-state index >= 15 is 0 Å². The number of rotatable bonds is 10. The molecule has 0 aliphatic carbocycles. The molecule has 3 N–H and O–H groups in total. The van der Waals surface area contributed by atoms with Crippen molar-refractivity contribution >= 4 is 17.6 Å². The van der Waals surface area contributed by atoms with Crippen LogP contribution >= 0.6 is 0 Å². The standard InChI is InChI=1S/C23H28N2O4/c1-3-4-5-17-6-8-18(9-7-17)19-10-12-20(13-11-19)22(28)25-21(15-26)23(29)24-14-16(2)27/h6-13,21,26H,3-5,14-15H2,1-2H3,(H,24,29)(H,25,28). The zero-order valence-electron chi connectivity index (χ0n) is 16.9. The fraction of sp³-hybridized carbons (Fsp3) is 0.348. The van der Waals surface area contributed by atoms with Crippen molar-refractivity contribution in [1.82, 2.24) is 10.6 Å². The summed E-state index contributed by atoms with van der Waals surface area (Å²) in [6.07, 6.45) is 3.41. The highest BCUT2D eigenvalue weighted by molar-refractivity contribution is 5.98. The highest BCUT2D eigenvalue weighted by atomic mass is 16.3. The number of nitrogens with one attached hydrogen (secondary N) is 2. The number of hydrogen-bond acceptors (Lipinski definition) is 4. The van der Waals surface area contributed by atoms with Gasteiger partial charge in [0.25, 0.3) is 5.91 Å². The Morgan fingerprint density at radius 1 is 0.966 bits per heavy atom. The van der Waals surface area contributed by atoms with Crippen LogP contribution in [0.2, 0.25) is 0 Å². The van der Waals surface area contributed by atoms with Crippen LogP contribution in [0.15, 0.2) is 48.5 Å². The lowest BCUT2D eigenvalue weighted by Crippen LogP contribution is -2.49. The van der Waals surface area contributed by atoms with Crippen LogP contribution in [-0.2, 0) is 16.0 Å². The Morgan fingerprint density at radius 3 is 2.07 bits per heavy atom. The lowest BCUT2D eigenvalue weighted by molar-refractivity contribution is -0.126. The first-order chi connectivity index (χ1) is 13.9. The van der Waals surface area contributed by atoms with E-state index in [9.17, 15) is 19.5 Å². The van der Waals surface area contributed by atoms with Crippen molar-refractivity contribution in [2.75, 3.05) is 13.2 Å². The van der Waals surface area contributed by atoms with Crippen LogP contribution in [0.4, 0.5) is 0 Å². The molecule has 2 amide bonds. The summed E-state index contributed by atoms with van der Waals surface area (Å²) in [5.41, 5.74) is 3.74. The molecule has 2 aromatic rings. The molecule has 0 aliphatic heterocycles. The molecule has 0 heterocycles. The smallest absolute Gasteiger partial charge is 0.251 e. The minimum atomic E-state index is -1.11. The molecule has 0 aliphatic rings. The van der Waals surface area contributed by atoms with Gasteiger partial charge >= 0.3 is 0 Å². The molecule has 0 saturated carbocycles. The second kappa shape index (κ2) is 11.1. The van der Waals surface area contributed by atoms with E-state index in [0.717, 1.165) is 17.5 Å². The summed E-state index contributed by atoms with van der Waals surface area (Å²) < 4.78 is 0. The van der Waals surface area contributed by atoms with Crippen molar-refractivity contribution in [2.24, 2.45) is 0 Å². The quantitative estimate of drug-likeness (QED) is 0.575. The van der Waals surface area contributed by atoms with E-state index in [1.54, 1.807) is 12.1 Å². The molecule has 0 saturated heterocycles. The molecule has 29 heavy (non-hydrogen) atoms. The Morgan fingerprint density at radius 2 is 1.55 bits per heavy atom. The highest BCUT2D eigenvalue weighted by Crippen LogP contribution is 2.21. The Labute approximate surface area is 171 Å². The fourth-order valence-corrected chi connectivity index (χ4v) is 2.83. The molecule has 2 rings (SSSR count). The van der Waals surface area contributed by atoms with Gasteiger partial charge in [-0.05, 0) is 48.6 Å². The molecule has 2 aromatic carbocycles. The predicted molar refractivity (Wildman–Crippen MR) is 113 cm³/mol. The van der Waals surface area contributed by atoms with Gasteiger partial charge < -0.3 is 15.7 Å². The number of benzene rings is 2. The van der Waals surface area contributed by atoms with Crippen molar-refractivity contribution in [3.8, 4) is 11.1 Å². The summed E-state index contributed by atoms with van der Waals surface area (Å²) in [4.78, 5) is 35.3. The molecule has 0 spiro atoms. The summed E-state index contributed by atoms with van der Waals surface area (Å²) in [6, 6.07) is 14.3. The average Bonchev–Trinajstić information content (AvgIpc) is 2.74. The Kier molecular flexibility index (Phi) is 8.55. The Hall–Kier alpha value is -2.99. The number of aliphatic hydroxyl groups is 1. The number of carbonyl (C=O) groups excluding carboxylic acids is 3. The van der Waals surface area contributed by atoms with Gasteiger partial charge in [-0.2, -0.15) is 0 Å². The summed E-state index contributed by atoms with van der Waals surface area (Å²) in [5.74, 6) is -1.28. The Balaban J connectivity index is 2.00. The maximum Gasteiger partial charge on any atom is 0.251 e. The second-order valence-electron chi connectivity index (χ2n) is 7.01. The zero-order chi connectivity index (χ0) is 21.2. The highest BCUT2D eigenvalue weighted by Gasteiger charge is 2.20. The van der Waals surface area contributed by atoms with Gasteiger partial charge in [-0.15, -0.1) is 0 Å². The van der Waals surface area contributed by atoms with E-state index in [0.29, 0.717) is 5.56 Å². The van der Waals surface area contributed by atoms with Gasteiger partial charge in [-0.3, -0.25) is 14.4 Å². The lowest BCUT2D eigenvalue weighted by Gasteiger charge is -2.16. The molecule has 6 nitrogen and oxygen atoms in total. The first-order valence-electron chi connectivity index (χ1n) is 9.82. The number of carbonyl (C=O) groups is 3. The van der Waals surface area contributed by atoms with Crippen molar-refractivity contribution in [2.45, 2.75) is 39.2 Å². The van der Waals surface area contributed by atoms with E-state index < -0.39 is 24.5 Å². The molecule has 154 valence electrons. The van der Waals surface area contributed by atoms with Crippen molar-refractivity contribution in [1.29, 1.82) is 0 Å². The van der Waals surface area contributed by atoms with Crippen LogP contribution in [0, 0.1) is 0 Å². The summed E-state index contributed by atoms with van der Waals surface area (Å²) in [6.45, 7) is 2.82. The normalized spacial score (nSPS) is 11.6. The number of hydrogen-bond donors (Lipinski definition) is 3. The Bertz CT molecular complexity index is 829. The number of aliphatic hydroxyl groups excluding tert-OH is 1. The molecule has 0 fully saturated rings. The topological polar surface area (TPSA) is 95.5 Å². The summed E-state index contributed by atoms with van der Waals surface area (Å²) in [7, 11) is 0. The van der Waals surface area contributed by atoms with Crippen molar-refractivity contribution < 1.29 is 19.5 Å². The number of Topliss-reactive ketones (excluding diaryl/α,β-unsaturated/α-hetero) is 1. The number of aryl methyl sites for hydroxylation is 1. The molecule has 1 unspecified atom stereocenters. The largest absolute Gasteiger partial charge is 0.394 e. The van der Waals surface area contributed by atoms with Gasteiger partial charge in [0.15, 0.2) is 0 Å². The summed E-state index contributed by atoms with van der Waals surface area (Å²) in [5, 5.41) is 14.2. The molecule has 0 bridgehead atoms. The summed E-state index contributed by atoms with van der Waals surface area (Å²) >= 11 is 0. The third-order valence-electron chi connectivity index (χ3n) is 4.57. The van der Waals surface area contributed by atoms with Gasteiger partial charge in [0.1, 0.15) is 11.8 Å². The number of unbranched alkanes of at least 4 members (excludes halogenated alkanes) is 1. The lowest BCUT2D eigenvalue weighted by atomic mass is 10.0. The maximum atomic E-state index is 12.4. The molecule has 0 aromatic heterocycles. The average molecular weight is 396 g/mol. The van der Waals surface area contributed by atoms with Gasteiger partial charge in [-0.1, -0.05) is 49.7 Å². The molecule has 6 heteroatoms. The van der Waals surface area contributed by atoms with Gasteiger partial charge in [0, 0.05) is 5.56 Å². The van der Waals surface area contributed by atoms with Crippen molar-refractivity contribution in [3.63, 3.8) is 0 Å². The minimum Gasteiger partial charge on any atom is -0.394 e. The second-order valence-corrected chi connectivity index (χ2v) is 7.01. The van der Waals surface area contributed by atoms with Crippen LogP contribution in [0.3, 0.4) is 0 Å². The van der Waals surface area contributed by atoms with Crippen LogP contribution in [0.5, 0.6) is 0 Å². The van der Waals surface area contributed by atoms with Gasteiger partial charge in [-0.25, -0.2) is 0 Å². The first kappa shape index (κ1) is 22.3. The SMILES string of the molecule is CCCCc1ccc(-c2ccc(C(=O)NC(CO)C(=O)NCC(C)=O)cc2)cc1. The van der Waals surface area contributed by atoms with Crippen LogP contribution in [-0.4, -0.2) is 41.9 Å². The molecular formula is C23H28N2O4. The third kappa shape index (κ3) is 6.84. The fourth-order valence-electron chi connectivity index (χ4n) is 2.83.